The van der Waals surface area contributed by atoms with Crippen molar-refractivity contribution < 1.29 is 14.7 Å². The fraction of sp³-hybridized carbons (Fsp3) is 0.600. The van der Waals surface area contributed by atoms with Gasteiger partial charge in [-0.1, -0.05) is 13.8 Å². The highest BCUT2D eigenvalue weighted by molar-refractivity contribution is 5.82. The quantitative estimate of drug-likeness (QED) is 0.688. The predicted molar refractivity (Wildman–Crippen MR) is 62.6 cm³/mol. The van der Waals surface area contributed by atoms with Gasteiger partial charge in [-0.3, -0.25) is 5.10 Å². The van der Waals surface area contributed by atoms with E-state index in [4.69, 9.17) is 5.11 Å². The number of carboxylic acids is 1. The molecule has 100 valence electrons. The van der Waals surface area contributed by atoms with Crippen molar-refractivity contribution in [2.24, 2.45) is 5.92 Å². The normalized spacial score (nSPS) is 12.2. The SMILES string of the molecule is CC(C)[C@H](NC(=O)N(C)Cc1ncn[nH]1)C(=O)O. The number of nitrogens with one attached hydrogen (secondary N) is 2. The van der Waals surface area contributed by atoms with E-state index in [1.165, 1.54) is 11.2 Å². The third-order valence-electron chi connectivity index (χ3n) is 2.41. The number of amides is 2. The van der Waals surface area contributed by atoms with E-state index in [9.17, 15) is 9.59 Å². The van der Waals surface area contributed by atoms with Crippen LogP contribution in [-0.4, -0.2) is 50.3 Å². The molecule has 1 aromatic heterocycles. The van der Waals surface area contributed by atoms with Gasteiger partial charge in [-0.2, -0.15) is 5.10 Å². The second kappa shape index (κ2) is 5.99. The highest BCUT2D eigenvalue weighted by Gasteiger charge is 2.24. The molecule has 0 aliphatic heterocycles. The van der Waals surface area contributed by atoms with E-state index >= 15 is 0 Å². The molecule has 8 nitrogen and oxygen atoms in total. The maximum absolute atomic E-state index is 11.8. The number of rotatable bonds is 5. The number of nitrogens with zero attached hydrogens (tertiary/aromatic N) is 3. The van der Waals surface area contributed by atoms with Crippen molar-refractivity contribution in [2.45, 2.75) is 26.4 Å². The van der Waals surface area contributed by atoms with E-state index in [1.807, 2.05) is 0 Å². The number of urea groups is 1. The van der Waals surface area contributed by atoms with Crippen LogP contribution in [0.4, 0.5) is 4.79 Å². The Bertz CT molecular complexity index is 404. The minimum Gasteiger partial charge on any atom is -0.480 e. The van der Waals surface area contributed by atoms with Crippen LogP contribution >= 0.6 is 0 Å². The van der Waals surface area contributed by atoms with Crippen LogP contribution in [0.15, 0.2) is 6.33 Å². The molecule has 0 bridgehead atoms. The van der Waals surface area contributed by atoms with Gasteiger partial charge in [0, 0.05) is 7.05 Å². The largest absolute Gasteiger partial charge is 0.480 e. The van der Waals surface area contributed by atoms with Crippen LogP contribution in [0.3, 0.4) is 0 Å². The smallest absolute Gasteiger partial charge is 0.326 e. The minimum absolute atomic E-state index is 0.190. The molecule has 0 unspecified atom stereocenters. The van der Waals surface area contributed by atoms with Crippen LogP contribution in [0.5, 0.6) is 0 Å². The molecular weight excluding hydrogens is 238 g/mol. The van der Waals surface area contributed by atoms with Crippen LogP contribution in [0, 0.1) is 5.92 Å². The monoisotopic (exact) mass is 255 g/mol. The molecule has 8 heteroatoms. The van der Waals surface area contributed by atoms with E-state index in [1.54, 1.807) is 20.9 Å². The molecule has 1 atom stereocenters. The van der Waals surface area contributed by atoms with Gasteiger partial charge in [-0.15, -0.1) is 0 Å². The van der Waals surface area contributed by atoms with Crippen LogP contribution in [0.2, 0.25) is 0 Å². The molecule has 1 aromatic rings. The molecule has 3 N–H and O–H groups in total. The molecule has 0 aromatic carbocycles. The summed E-state index contributed by atoms with van der Waals surface area (Å²) in [6.45, 7) is 3.70. The zero-order valence-corrected chi connectivity index (χ0v) is 10.5. The Morgan fingerprint density at radius 2 is 2.22 bits per heavy atom. The zero-order valence-electron chi connectivity index (χ0n) is 10.5. The number of carbonyl (C=O) groups is 2. The van der Waals surface area contributed by atoms with Crippen molar-refractivity contribution in [3.8, 4) is 0 Å². The van der Waals surface area contributed by atoms with Gasteiger partial charge in [0.15, 0.2) is 0 Å². The standard InChI is InChI=1S/C10H17N5O3/c1-6(2)8(9(16)17)13-10(18)15(3)4-7-11-5-12-14-7/h5-6,8H,4H2,1-3H3,(H,13,18)(H,16,17)(H,11,12,14)/t8-/m0/s1. The summed E-state index contributed by atoms with van der Waals surface area (Å²) in [5, 5.41) is 17.7. The lowest BCUT2D eigenvalue weighted by molar-refractivity contribution is -0.140. The van der Waals surface area contributed by atoms with E-state index in [-0.39, 0.29) is 12.5 Å². The lowest BCUT2D eigenvalue weighted by atomic mass is 10.1. The number of hydrogen-bond donors (Lipinski definition) is 3. The Hall–Kier alpha value is -2.12. The van der Waals surface area contributed by atoms with Crippen LogP contribution in [0.1, 0.15) is 19.7 Å². The lowest BCUT2D eigenvalue weighted by Crippen LogP contribution is -2.48. The van der Waals surface area contributed by atoms with Crippen molar-refractivity contribution in [1.29, 1.82) is 0 Å². The summed E-state index contributed by atoms with van der Waals surface area (Å²) in [7, 11) is 1.55. The summed E-state index contributed by atoms with van der Waals surface area (Å²) < 4.78 is 0. The highest BCUT2D eigenvalue weighted by Crippen LogP contribution is 2.03. The zero-order chi connectivity index (χ0) is 13.7. The molecule has 18 heavy (non-hydrogen) atoms. The molecule has 0 spiro atoms. The summed E-state index contributed by atoms with van der Waals surface area (Å²) in [4.78, 5) is 27.9. The summed E-state index contributed by atoms with van der Waals surface area (Å²) >= 11 is 0. The first-order valence-corrected chi connectivity index (χ1v) is 5.50. The third kappa shape index (κ3) is 3.72. The highest BCUT2D eigenvalue weighted by atomic mass is 16.4. The number of carbonyl (C=O) groups excluding carboxylic acids is 1. The van der Waals surface area contributed by atoms with Crippen molar-refractivity contribution in [3.63, 3.8) is 0 Å². The number of carboxylic acid groups (broad SMARTS) is 1. The summed E-state index contributed by atoms with van der Waals surface area (Å²) in [6, 6.07) is -1.37. The van der Waals surface area contributed by atoms with Crippen LogP contribution in [-0.2, 0) is 11.3 Å². The van der Waals surface area contributed by atoms with E-state index in [0.717, 1.165) is 0 Å². The molecule has 0 fully saturated rings. The molecule has 0 aliphatic rings. The fourth-order valence-corrected chi connectivity index (χ4v) is 1.36. The molecule has 0 aliphatic carbocycles. The predicted octanol–water partition coefficient (Wildman–Crippen LogP) is 0.0553. The van der Waals surface area contributed by atoms with Gasteiger partial charge in [-0.25, -0.2) is 14.6 Å². The maximum Gasteiger partial charge on any atom is 0.326 e. The summed E-state index contributed by atoms with van der Waals surface area (Å²) in [5.41, 5.74) is 0. The van der Waals surface area contributed by atoms with Crippen LogP contribution < -0.4 is 5.32 Å². The Kier molecular flexibility index (Phi) is 4.64. The number of aliphatic carboxylic acids is 1. The third-order valence-corrected chi connectivity index (χ3v) is 2.41. The molecule has 2 amide bonds. The molecule has 0 radical (unpaired) electrons. The van der Waals surface area contributed by atoms with E-state index in [0.29, 0.717) is 5.82 Å². The number of H-pyrrole nitrogens is 1. The molecule has 0 saturated carbocycles. The average molecular weight is 255 g/mol. The number of hydrogen-bond acceptors (Lipinski definition) is 4. The van der Waals surface area contributed by atoms with Crippen molar-refractivity contribution in [2.75, 3.05) is 7.05 Å². The van der Waals surface area contributed by atoms with Gasteiger partial charge in [-0.05, 0) is 5.92 Å². The van der Waals surface area contributed by atoms with Gasteiger partial charge in [0.2, 0.25) is 0 Å². The van der Waals surface area contributed by atoms with E-state index < -0.39 is 18.0 Å². The average Bonchev–Trinajstić information content (AvgIpc) is 2.77. The Labute approximate surface area is 104 Å². The molecule has 1 rings (SSSR count). The second-order valence-corrected chi connectivity index (χ2v) is 4.30. The van der Waals surface area contributed by atoms with Gasteiger partial charge < -0.3 is 15.3 Å². The number of aromatic nitrogens is 3. The molecule has 1 heterocycles. The van der Waals surface area contributed by atoms with Crippen molar-refractivity contribution in [3.05, 3.63) is 12.2 Å². The molecule has 0 saturated heterocycles. The number of aromatic amines is 1. The summed E-state index contributed by atoms with van der Waals surface area (Å²) in [5.74, 6) is -0.708. The fourth-order valence-electron chi connectivity index (χ4n) is 1.36. The Morgan fingerprint density at radius 1 is 1.56 bits per heavy atom. The van der Waals surface area contributed by atoms with Gasteiger partial charge >= 0.3 is 12.0 Å². The Balaban J connectivity index is 2.56. The lowest BCUT2D eigenvalue weighted by Gasteiger charge is -2.22. The van der Waals surface area contributed by atoms with Crippen molar-refractivity contribution in [1.82, 2.24) is 25.4 Å². The Morgan fingerprint density at radius 3 is 2.67 bits per heavy atom. The second-order valence-electron chi connectivity index (χ2n) is 4.30. The minimum atomic E-state index is -1.05. The first-order valence-electron chi connectivity index (χ1n) is 5.50. The van der Waals surface area contributed by atoms with Gasteiger partial charge in [0.1, 0.15) is 18.2 Å². The van der Waals surface area contributed by atoms with Gasteiger partial charge in [0.25, 0.3) is 0 Å². The van der Waals surface area contributed by atoms with Crippen LogP contribution in [0.25, 0.3) is 0 Å². The van der Waals surface area contributed by atoms with Crippen molar-refractivity contribution >= 4 is 12.0 Å². The first-order chi connectivity index (χ1) is 8.41. The van der Waals surface area contributed by atoms with Gasteiger partial charge in [0.05, 0.1) is 6.54 Å². The molecular formula is C10H17N5O3. The topological polar surface area (TPSA) is 111 Å². The summed E-state index contributed by atoms with van der Waals surface area (Å²) in [6.07, 6.45) is 1.34. The van der Waals surface area contributed by atoms with E-state index in [2.05, 4.69) is 20.5 Å². The maximum atomic E-state index is 11.8. The first kappa shape index (κ1) is 13.9.